The average Bonchev–Trinajstić information content (AvgIpc) is 3.05. The van der Waals surface area contributed by atoms with Crippen molar-refractivity contribution in [2.45, 2.75) is 19.3 Å². The van der Waals surface area contributed by atoms with Gasteiger partial charge < -0.3 is 0 Å². The van der Waals surface area contributed by atoms with Crippen LogP contribution in [0.1, 0.15) is 29.7 Å². The molecule has 0 amide bonds. The number of hydrogen-bond acceptors (Lipinski definition) is 5. The van der Waals surface area contributed by atoms with Crippen LogP contribution in [0.5, 0.6) is 0 Å². The Morgan fingerprint density at radius 3 is 2.61 bits per heavy atom. The normalized spacial score (nSPS) is 13.6. The summed E-state index contributed by atoms with van der Waals surface area (Å²) in [6.07, 6.45) is 12.6. The number of aromatic nitrogens is 5. The van der Waals surface area contributed by atoms with Crippen molar-refractivity contribution >= 4 is 27.4 Å². The number of pyridine rings is 1. The van der Waals surface area contributed by atoms with Gasteiger partial charge in [0, 0.05) is 40.5 Å². The molecule has 0 spiro atoms. The quantitative estimate of drug-likeness (QED) is 0.396. The van der Waals surface area contributed by atoms with Crippen LogP contribution in [0.15, 0.2) is 79.5 Å². The second kappa shape index (κ2) is 7.36. The maximum Gasteiger partial charge on any atom is 0.159 e. The molecule has 0 bridgehead atoms. The van der Waals surface area contributed by atoms with Crippen molar-refractivity contribution in [3.63, 3.8) is 0 Å². The second-order valence-electron chi connectivity index (χ2n) is 7.77. The highest BCUT2D eigenvalue weighted by Gasteiger charge is 2.17. The Morgan fingerprint density at radius 2 is 1.65 bits per heavy atom. The predicted molar refractivity (Wildman–Crippen MR) is 122 cm³/mol. The van der Waals surface area contributed by atoms with Gasteiger partial charge in [0.1, 0.15) is 6.33 Å². The number of hydrogen-bond donors (Lipinski definition) is 0. The van der Waals surface area contributed by atoms with E-state index in [0.29, 0.717) is 0 Å². The molecule has 3 aromatic heterocycles. The molecule has 3 heterocycles. The molecule has 0 saturated carbocycles. The molecule has 0 radical (unpaired) electrons. The van der Waals surface area contributed by atoms with E-state index >= 15 is 0 Å². The summed E-state index contributed by atoms with van der Waals surface area (Å²) in [5.41, 5.74) is 7.49. The third-order valence-corrected chi connectivity index (χ3v) is 5.80. The third kappa shape index (κ3) is 3.24. The van der Waals surface area contributed by atoms with E-state index < -0.39 is 0 Å². The molecule has 148 valence electrons. The lowest BCUT2D eigenvalue weighted by Crippen LogP contribution is -2.01. The summed E-state index contributed by atoms with van der Waals surface area (Å²) in [6, 6.07) is 16.5. The first-order valence-electron chi connectivity index (χ1n) is 10.5. The lowest BCUT2D eigenvalue weighted by atomic mass is 9.96. The molecule has 0 fully saturated rings. The summed E-state index contributed by atoms with van der Waals surface area (Å²) in [7, 11) is 0. The van der Waals surface area contributed by atoms with Gasteiger partial charge >= 0.3 is 0 Å². The van der Waals surface area contributed by atoms with Gasteiger partial charge in [-0.05, 0) is 66.8 Å². The van der Waals surface area contributed by atoms with Gasteiger partial charge in [-0.1, -0.05) is 18.2 Å². The first kappa shape index (κ1) is 17.8. The van der Waals surface area contributed by atoms with Crippen LogP contribution >= 0.6 is 0 Å². The van der Waals surface area contributed by atoms with Crippen LogP contribution in [0.25, 0.3) is 38.8 Å². The molecular formula is C26H19N5. The third-order valence-electron chi connectivity index (χ3n) is 5.80. The Hall–Kier alpha value is -3.99. The molecule has 0 aliphatic heterocycles. The van der Waals surface area contributed by atoms with E-state index in [2.05, 4.69) is 51.4 Å². The number of fused-ring (bicyclic) bond motifs is 3. The molecule has 1 aliphatic carbocycles. The topological polar surface area (TPSA) is 64.5 Å². The molecule has 0 unspecified atom stereocenters. The SMILES string of the molecule is C1=C(c2ccc3ncncc3c2)c2cnc(-c3ccc4ncccc4c3)nc2CCC1. The molecule has 6 rings (SSSR count). The van der Waals surface area contributed by atoms with Crippen molar-refractivity contribution in [2.24, 2.45) is 0 Å². The standard InChI is InChI=1S/C26H19N5/c1-2-6-25-22(21(5-1)17-7-9-24-20(12-17)14-27-16-30-24)15-29-26(31-25)19-8-10-23-18(13-19)4-3-11-28-23/h3-5,7-16H,1-2,6H2. The van der Waals surface area contributed by atoms with Gasteiger partial charge in [-0.25, -0.2) is 19.9 Å². The van der Waals surface area contributed by atoms with E-state index in [1.165, 1.54) is 5.57 Å². The maximum atomic E-state index is 4.99. The van der Waals surface area contributed by atoms with Crippen molar-refractivity contribution in [1.29, 1.82) is 0 Å². The Kier molecular flexibility index (Phi) is 4.24. The number of aryl methyl sites for hydroxylation is 1. The zero-order valence-electron chi connectivity index (χ0n) is 16.9. The van der Waals surface area contributed by atoms with E-state index in [9.17, 15) is 0 Å². The molecule has 0 N–H and O–H groups in total. The van der Waals surface area contributed by atoms with Gasteiger partial charge in [-0.3, -0.25) is 4.98 Å². The van der Waals surface area contributed by atoms with Crippen molar-refractivity contribution in [3.8, 4) is 11.4 Å². The maximum absolute atomic E-state index is 4.99. The zero-order chi connectivity index (χ0) is 20.6. The fourth-order valence-corrected chi connectivity index (χ4v) is 4.24. The Morgan fingerprint density at radius 1 is 0.774 bits per heavy atom. The second-order valence-corrected chi connectivity index (χ2v) is 7.77. The van der Waals surface area contributed by atoms with Crippen LogP contribution in [0.4, 0.5) is 0 Å². The van der Waals surface area contributed by atoms with Crippen LogP contribution in [-0.2, 0) is 6.42 Å². The average molecular weight is 401 g/mol. The smallest absolute Gasteiger partial charge is 0.159 e. The summed E-state index contributed by atoms with van der Waals surface area (Å²) in [6.45, 7) is 0. The van der Waals surface area contributed by atoms with Crippen molar-refractivity contribution in [1.82, 2.24) is 24.9 Å². The van der Waals surface area contributed by atoms with Gasteiger partial charge in [-0.15, -0.1) is 0 Å². The monoisotopic (exact) mass is 401 g/mol. The highest BCUT2D eigenvalue weighted by Crippen LogP contribution is 2.32. The molecule has 0 saturated heterocycles. The van der Waals surface area contributed by atoms with E-state index in [4.69, 9.17) is 9.97 Å². The number of allylic oxidation sites excluding steroid dienone is 1. The largest absolute Gasteiger partial charge is 0.256 e. The van der Waals surface area contributed by atoms with Gasteiger partial charge in [0.15, 0.2) is 5.82 Å². The molecule has 0 atom stereocenters. The van der Waals surface area contributed by atoms with E-state index in [0.717, 1.165) is 69.3 Å². The zero-order valence-corrected chi connectivity index (χ0v) is 16.9. The fourth-order valence-electron chi connectivity index (χ4n) is 4.24. The Bertz CT molecular complexity index is 1470. The molecule has 2 aromatic carbocycles. The first-order valence-corrected chi connectivity index (χ1v) is 10.5. The van der Waals surface area contributed by atoms with Crippen LogP contribution in [0, 0.1) is 0 Å². The van der Waals surface area contributed by atoms with E-state index in [1.807, 2.05) is 36.8 Å². The van der Waals surface area contributed by atoms with Crippen LogP contribution in [0.3, 0.4) is 0 Å². The van der Waals surface area contributed by atoms with Crippen LogP contribution in [0.2, 0.25) is 0 Å². The van der Waals surface area contributed by atoms with Crippen molar-refractivity contribution < 1.29 is 0 Å². The minimum absolute atomic E-state index is 0.762. The van der Waals surface area contributed by atoms with E-state index in [-0.39, 0.29) is 0 Å². The van der Waals surface area contributed by atoms with Gasteiger partial charge in [0.05, 0.1) is 16.7 Å². The summed E-state index contributed by atoms with van der Waals surface area (Å²) < 4.78 is 0. The number of nitrogens with zero attached hydrogens (tertiary/aromatic N) is 5. The predicted octanol–water partition coefficient (Wildman–Crippen LogP) is 5.40. The Balaban J connectivity index is 1.44. The lowest BCUT2D eigenvalue weighted by Gasteiger charge is -2.12. The Labute approximate surface area is 179 Å². The minimum Gasteiger partial charge on any atom is -0.256 e. The van der Waals surface area contributed by atoms with Gasteiger partial charge in [0.25, 0.3) is 0 Å². The minimum atomic E-state index is 0.762. The lowest BCUT2D eigenvalue weighted by molar-refractivity contribution is 0.822. The summed E-state index contributed by atoms with van der Waals surface area (Å²) in [5, 5.41) is 2.13. The molecule has 31 heavy (non-hydrogen) atoms. The highest BCUT2D eigenvalue weighted by molar-refractivity contribution is 5.88. The van der Waals surface area contributed by atoms with Gasteiger partial charge in [-0.2, -0.15) is 0 Å². The molecule has 1 aliphatic rings. The highest BCUT2D eigenvalue weighted by atomic mass is 14.9. The van der Waals surface area contributed by atoms with Crippen LogP contribution in [-0.4, -0.2) is 24.9 Å². The van der Waals surface area contributed by atoms with Crippen molar-refractivity contribution in [3.05, 3.63) is 96.3 Å². The van der Waals surface area contributed by atoms with Crippen molar-refractivity contribution in [2.75, 3.05) is 0 Å². The number of benzene rings is 2. The molecule has 5 heteroatoms. The molecule has 5 aromatic rings. The summed E-state index contributed by atoms with van der Waals surface area (Å²) in [5.74, 6) is 0.762. The number of rotatable bonds is 2. The molecular weight excluding hydrogens is 382 g/mol. The summed E-state index contributed by atoms with van der Waals surface area (Å²) >= 11 is 0. The fraction of sp³-hybridized carbons (Fsp3) is 0.115. The van der Waals surface area contributed by atoms with Crippen LogP contribution < -0.4 is 0 Å². The summed E-state index contributed by atoms with van der Waals surface area (Å²) in [4.78, 5) is 22.7. The molecule has 5 nitrogen and oxygen atoms in total. The first-order chi connectivity index (χ1) is 15.3. The van der Waals surface area contributed by atoms with E-state index in [1.54, 1.807) is 6.33 Å². The van der Waals surface area contributed by atoms with Gasteiger partial charge in [0.2, 0.25) is 0 Å².